The third-order valence-electron chi connectivity index (χ3n) is 5.56. The molecular weight excluding hydrogens is 466 g/mol. The normalized spacial score (nSPS) is 12.2. The molecular formula is C26H35N3O5S. The lowest BCUT2D eigenvalue weighted by Crippen LogP contribution is -2.52. The van der Waals surface area contributed by atoms with E-state index in [1.54, 1.807) is 19.1 Å². The van der Waals surface area contributed by atoms with Gasteiger partial charge in [-0.25, -0.2) is 8.42 Å². The van der Waals surface area contributed by atoms with E-state index < -0.39 is 28.5 Å². The number of anilines is 1. The quantitative estimate of drug-likeness (QED) is 0.451. The van der Waals surface area contributed by atoms with Crippen molar-refractivity contribution in [1.82, 2.24) is 10.2 Å². The summed E-state index contributed by atoms with van der Waals surface area (Å²) in [4.78, 5) is 39.5. The van der Waals surface area contributed by atoms with E-state index in [0.717, 1.165) is 16.1 Å². The molecule has 0 saturated carbocycles. The van der Waals surface area contributed by atoms with Crippen LogP contribution in [0.15, 0.2) is 54.6 Å². The molecule has 1 N–H and O–H groups in total. The van der Waals surface area contributed by atoms with Crippen LogP contribution in [-0.2, 0) is 26.0 Å². The fourth-order valence-corrected chi connectivity index (χ4v) is 4.36. The predicted molar refractivity (Wildman–Crippen MR) is 138 cm³/mol. The number of benzene rings is 2. The maximum Gasteiger partial charge on any atom is 0.244 e. The Bertz CT molecular complexity index is 1130. The van der Waals surface area contributed by atoms with Gasteiger partial charge in [-0.05, 0) is 43.9 Å². The predicted octanol–water partition coefficient (Wildman–Crippen LogP) is 2.89. The first-order valence-electron chi connectivity index (χ1n) is 11.6. The minimum atomic E-state index is -3.85. The Morgan fingerprint density at radius 1 is 0.971 bits per heavy atom. The number of hydrogen-bond donors (Lipinski definition) is 1. The molecule has 0 heterocycles. The van der Waals surface area contributed by atoms with Crippen LogP contribution in [0.1, 0.15) is 43.6 Å². The lowest BCUT2D eigenvalue weighted by Gasteiger charge is -2.31. The van der Waals surface area contributed by atoms with Gasteiger partial charge in [0.15, 0.2) is 5.78 Å². The molecule has 1 atom stereocenters. The number of nitrogens with zero attached hydrogens (tertiary/aromatic N) is 2. The summed E-state index contributed by atoms with van der Waals surface area (Å²) in [5, 5.41) is 2.85. The number of nitrogens with one attached hydrogen (secondary N) is 1. The van der Waals surface area contributed by atoms with Crippen molar-refractivity contribution in [2.45, 2.75) is 40.2 Å². The van der Waals surface area contributed by atoms with Gasteiger partial charge in [0.2, 0.25) is 21.8 Å². The molecule has 0 aliphatic carbocycles. The molecule has 35 heavy (non-hydrogen) atoms. The third kappa shape index (κ3) is 8.51. The van der Waals surface area contributed by atoms with Crippen LogP contribution in [0.3, 0.4) is 0 Å². The number of Topliss-reactive ketones (excluding diaryl/α,β-unsaturated/α-hetero) is 1. The highest BCUT2D eigenvalue weighted by molar-refractivity contribution is 7.92. The second-order valence-electron chi connectivity index (χ2n) is 9.01. The summed E-state index contributed by atoms with van der Waals surface area (Å²) in [6, 6.07) is 14.9. The summed E-state index contributed by atoms with van der Waals surface area (Å²) < 4.78 is 26.2. The Hall–Kier alpha value is -3.20. The van der Waals surface area contributed by atoms with Crippen molar-refractivity contribution < 1.29 is 22.8 Å². The number of carbonyl (C=O) groups excluding carboxylic acids is 3. The van der Waals surface area contributed by atoms with Crippen LogP contribution in [0.4, 0.5) is 5.69 Å². The molecule has 0 radical (unpaired) electrons. The van der Waals surface area contributed by atoms with E-state index in [1.807, 2.05) is 44.2 Å². The molecule has 2 aromatic carbocycles. The van der Waals surface area contributed by atoms with Crippen LogP contribution in [0.2, 0.25) is 0 Å². The molecule has 0 unspecified atom stereocenters. The number of ketones is 1. The highest BCUT2D eigenvalue weighted by Gasteiger charge is 2.30. The first kappa shape index (κ1) is 28.0. The number of sulfonamides is 1. The standard InChI is InChI=1S/C26H35N3O5S/c1-19(2)17-27-26(32)20(3)28(15-14-22-10-7-6-8-11-22)25(31)18-29(35(5,33)34)24-13-9-12-23(16-24)21(4)30/h6-13,16,19-20H,14-15,17-18H2,1-5H3,(H,27,32)/t20-/m1/s1. The molecule has 2 rings (SSSR count). The topological polar surface area (TPSA) is 104 Å². The zero-order valence-corrected chi connectivity index (χ0v) is 21.8. The van der Waals surface area contributed by atoms with Crippen LogP contribution in [-0.4, -0.2) is 62.8 Å². The molecule has 0 aliphatic rings. The van der Waals surface area contributed by atoms with Crippen LogP contribution >= 0.6 is 0 Å². The molecule has 0 aromatic heterocycles. The van der Waals surface area contributed by atoms with Gasteiger partial charge in [-0.2, -0.15) is 0 Å². The number of rotatable bonds is 12. The van der Waals surface area contributed by atoms with Crippen molar-refractivity contribution in [2.75, 3.05) is 30.2 Å². The van der Waals surface area contributed by atoms with Crippen molar-refractivity contribution in [3.63, 3.8) is 0 Å². The van der Waals surface area contributed by atoms with Crippen molar-refractivity contribution in [3.05, 3.63) is 65.7 Å². The minimum Gasteiger partial charge on any atom is -0.354 e. The van der Waals surface area contributed by atoms with Crippen LogP contribution in [0.5, 0.6) is 0 Å². The third-order valence-corrected chi connectivity index (χ3v) is 6.70. The Morgan fingerprint density at radius 2 is 1.63 bits per heavy atom. The Labute approximate surface area is 208 Å². The lowest BCUT2D eigenvalue weighted by atomic mass is 10.1. The average Bonchev–Trinajstić information content (AvgIpc) is 2.80. The molecule has 0 aliphatic heterocycles. The average molecular weight is 502 g/mol. The fraction of sp³-hybridized carbons (Fsp3) is 0.423. The smallest absolute Gasteiger partial charge is 0.244 e. The molecule has 9 heteroatoms. The lowest BCUT2D eigenvalue weighted by molar-refractivity contribution is -0.138. The SMILES string of the molecule is CC(=O)c1cccc(N(CC(=O)N(CCc2ccccc2)[C@H](C)C(=O)NCC(C)C)S(C)(=O)=O)c1. The zero-order valence-electron chi connectivity index (χ0n) is 21.0. The number of carbonyl (C=O) groups is 3. The van der Waals surface area contributed by atoms with Gasteiger partial charge in [0, 0.05) is 18.7 Å². The summed E-state index contributed by atoms with van der Waals surface area (Å²) in [5.41, 5.74) is 1.55. The zero-order chi connectivity index (χ0) is 26.2. The second kappa shape index (κ2) is 12.5. The summed E-state index contributed by atoms with van der Waals surface area (Å²) >= 11 is 0. The summed E-state index contributed by atoms with van der Waals surface area (Å²) in [6.07, 6.45) is 1.51. The monoisotopic (exact) mass is 501 g/mol. The van der Waals surface area contributed by atoms with E-state index in [9.17, 15) is 22.8 Å². The van der Waals surface area contributed by atoms with Gasteiger partial charge in [0.1, 0.15) is 12.6 Å². The summed E-state index contributed by atoms with van der Waals surface area (Å²) in [6.45, 7) is 7.19. The molecule has 2 aromatic rings. The summed E-state index contributed by atoms with van der Waals surface area (Å²) in [5.74, 6) is -0.781. The molecule has 8 nitrogen and oxygen atoms in total. The van der Waals surface area contributed by atoms with E-state index in [4.69, 9.17) is 0 Å². The van der Waals surface area contributed by atoms with E-state index >= 15 is 0 Å². The van der Waals surface area contributed by atoms with Gasteiger partial charge >= 0.3 is 0 Å². The van der Waals surface area contributed by atoms with Gasteiger partial charge in [-0.1, -0.05) is 56.3 Å². The molecule has 2 amide bonds. The molecule has 0 spiro atoms. The minimum absolute atomic E-state index is 0.216. The molecule has 0 saturated heterocycles. The van der Waals surface area contributed by atoms with Crippen molar-refractivity contribution >= 4 is 33.3 Å². The van der Waals surface area contributed by atoms with Crippen molar-refractivity contribution in [2.24, 2.45) is 5.92 Å². The maximum absolute atomic E-state index is 13.5. The second-order valence-corrected chi connectivity index (χ2v) is 10.9. The maximum atomic E-state index is 13.5. The first-order chi connectivity index (χ1) is 16.4. The molecule has 190 valence electrons. The van der Waals surface area contributed by atoms with Crippen LogP contribution in [0.25, 0.3) is 0 Å². The van der Waals surface area contributed by atoms with Gasteiger partial charge in [0.05, 0.1) is 11.9 Å². The molecule has 0 fully saturated rings. The van der Waals surface area contributed by atoms with E-state index in [2.05, 4.69) is 5.32 Å². The Balaban J connectivity index is 2.33. The van der Waals surface area contributed by atoms with Crippen LogP contribution < -0.4 is 9.62 Å². The van der Waals surface area contributed by atoms with Gasteiger partial charge in [0.25, 0.3) is 0 Å². The first-order valence-corrected chi connectivity index (χ1v) is 13.4. The Morgan fingerprint density at radius 3 is 2.20 bits per heavy atom. The molecule has 0 bridgehead atoms. The highest BCUT2D eigenvalue weighted by atomic mass is 32.2. The number of hydrogen-bond acceptors (Lipinski definition) is 5. The van der Waals surface area contributed by atoms with Crippen molar-refractivity contribution in [3.8, 4) is 0 Å². The number of amides is 2. The Kier molecular flexibility index (Phi) is 10.0. The van der Waals surface area contributed by atoms with E-state index in [-0.39, 0.29) is 29.8 Å². The van der Waals surface area contributed by atoms with E-state index in [1.165, 1.54) is 24.0 Å². The van der Waals surface area contributed by atoms with Crippen LogP contribution in [0, 0.1) is 5.92 Å². The highest BCUT2D eigenvalue weighted by Crippen LogP contribution is 2.20. The van der Waals surface area contributed by atoms with Gasteiger partial charge < -0.3 is 10.2 Å². The van der Waals surface area contributed by atoms with Gasteiger partial charge in [-0.15, -0.1) is 0 Å². The fourth-order valence-electron chi connectivity index (χ4n) is 3.52. The van der Waals surface area contributed by atoms with Crippen molar-refractivity contribution in [1.29, 1.82) is 0 Å². The van der Waals surface area contributed by atoms with Gasteiger partial charge in [-0.3, -0.25) is 18.7 Å². The largest absolute Gasteiger partial charge is 0.354 e. The van der Waals surface area contributed by atoms with E-state index in [0.29, 0.717) is 18.5 Å². The summed E-state index contributed by atoms with van der Waals surface area (Å²) in [7, 11) is -3.85.